The number of aryl methyl sites for hydroxylation is 1. The van der Waals surface area contributed by atoms with Crippen molar-refractivity contribution in [3.63, 3.8) is 0 Å². The van der Waals surface area contributed by atoms with Gasteiger partial charge in [0.1, 0.15) is 0 Å². The Labute approximate surface area is 184 Å². The van der Waals surface area contributed by atoms with E-state index in [9.17, 15) is 9.50 Å². The molecule has 1 N–H and O–H groups in total. The first-order valence-corrected chi connectivity index (χ1v) is 10.9. The van der Waals surface area contributed by atoms with Gasteiger partial charge in [0.05, 0.1) is 23.0 Å². The van der Waals surface area contributed by atoms with E-state index in [0.717, 1.165) is 23.5 Å². The molecule has 0 fully saturated rings. The highest BCUT2D eigenvalue weighted by atomic mass is 19.1. The van der Waals surface area contributed by atoms with Gasteiger partial charge in [-0.15, -0.1) is 0 Å². The van der Waals surface area contributed by atoms with Crippen molar-refractivity contribution >= 4 is 0 Å². The van der Waals surface area contributed by atoms with E-state index in [1.54, 1.807) is 29.8 Å². The van der Waals surface area contributed by atoms with Crippen LogP contribution in [0.3, 0.4) is 0 Å². The lowest BCUT2D eigenvalue weighted by Gasteiger charge is -2.26. The Morgan fingerprint density at radius 2 is 1.71 bits per heavy atom. The van der Waals surface area contributed by atoms with E-state index in [1.807, 2.05) is 30.3 Å². The van der Waals surface area contributed by atoms with Gasteiger partial charge in [-0.3, -0.25) is 4.90 Å². The second-order valence-electron chi connectivity index (χ2n) is 8.30. The second kappa shape index (κ2) is 10.6. The minimum Gasteiger partial charge on any atom is -0.435 e. The first-order chi connectivity index (χ1) is 14.9. The summed E-state index contributed by atoms with van der Waals surface area (Å²) in [6.45, 7) is 10.1. The van der Waals surface area contributed by atoms with E-state index in [0.29, 0.717) is 31.3 Å². The Hall–Kier alpha value is -2.70. The number of halogens is 1. The number of para-hydroxylation sites is 2. The van der Waals surface area contributed by atoms with Crippen LogP contribution in [0, 0.1) is 11.7 Å². The first-order valence-electron chi connectivity index (χ1n) is 10.9. The molecule has 0 aliphatic rings. The molecular formula is C25H32FN3O2. The predicted octanol–water partition coefficient (Wildman–Crippen LogP) is 5.20. The third-order valence-corrected chi connectivity index (χ3v) is 4.93. The van der Waals surface area contributed by atoms with Crippen molar-refractivity contribution < 1.29 is 14.2 Å². The van der Waals surface area contributed by atoms with Gasteiger partial charge in [-0.2, -0.15) is 5.10 Å². The number of hydrogen-bond acceptors (Lipinski definition) is 4. The van der Waals surface area contributed by atoms with Crippen LogP contribution < -0.4 is 4.74 Å². The van der Waals surface area contributed by atoms with E-state index < -0.39 is 11.9 Å². The van der Waals surface area contributed by atoms with Gasteiger partial charge in [-0.05, 0) is 43.5 Å². The summed E-state index contributed by atoms with van der Waals surface area (Å²) in [4.78, 5) is 2.20. The normalized spacial score (nSPS) is 12.5. The van der Waals surface area contributed by atoms with Gasteiger partial charge in [-0.25, -0.2) is 9.07 Å². The van der Waals surface area contributed by atoms with Crippen LogP contribution in [0.15, 0.2) is 54.6 Å². The Bertz CT molecular complexity index is 960. The van der Waals surface area contributed by atoms with Crippen molar-refractivity contribution in [1.29, 1.82) is 0 Å². The van der Waals surface area contributed by atoms with Crippen molar-refractivity contribution in [2.45, 2.75) is 46.8 Å². The summed E-state index contributed by atoms with van der Waals surface area (Å²) < 4.78 is 22.3. The van der Waals surface area contributed by atoms with Crippen LogP contribution in [-0.4, -0.2) is 39.0 Å². The van der Waals surface area contributed by atoms with E-state index in [2.05, 4.69) is 25.7 Å². The lowest BCUT2D eigenvalue weighted by molar-refractivity contribution is 0.114. The molecule has 0 aliphatic carbocycles. The number of nitrogens with zero attached hydrogens (tertiary/aromatic N) is 3. The van der Waals surface area contributed by atoms with E-state index >= 15 is 0 Å². The van der Waals surface area contributed by atoms with Crippen molar-refractivity contribution in [2.24, 2.45) is 5.92 Å². The average molecular weight is 426 g/mol. The number of rotatable bonds is 10. The fourth-order valence-corrected chi connectivity index (χ4v) is 3.72. The minimum absolute atomic E-state index is 0.162. The molecule has 3 rings (SSSR count). The van der Waals surface area contributed by atoms with Gasteiger partial charge < -0.3 is 9.84 Å². The predicted molar refractivity (Wildman–Crippen MR) is 121 cm³/mol. The van der Waals surface area contributed by atoms with Crippen LogP contribution in [0.5, 0.6) is 11.6 Å². The van der Waals surface area contributed by atoms with Crippen molar-refractivity contribution in [3.8, 4) is 17.3 Å². The largest absolute Gasteiger partial charge is 0.435 e. The van der Waals surface area contributed by atoms with Crippen LogP contribution in [0.4, 0.5) is 4.39 Å². The molecule has 2 aromatic carbocycles. The summed E-state index contributed by atoms with van der Waals surface area (Å²) >= 11 is 0. The molecule has 0 aliphatic heterocycles. The Morgan fingerprint density at radius 1 is 1.03 bits per heavy atom. The monoisotopic (exact) mass is 425 g/mol. The fraction of sp³-hybridized carbons (Fsp3) is 0.400. The van der Waals surface area contributed by atoms with Crippen molar-refractivity contribution in [3.05, 3.63) is 71.7 Å². The van der Waals surface area contributed by atoms with Crippen LogP contribution in [0.25, 0.3) is 5.69 Å². The number of benzene rings is 2. The number of hydrogen-bond donors (Lipinski definition) is 1. The molecule has 31 heavy (non-hydrogen) atoms. The van der Waals surface area contributed by atoms with Crippen LogP contribution in [0.1, 0.15) is 39.0 Å². The molecule has 5 nitrogen and oxygen atoms in total. The number of aliphatic hydroxyl groups is 1. The molecule has 0 bridgehead atoms. The third kappa shape index (κ3) is 5.93. The number of ether oxygens (including phenoxy) is 1. The average Bonchev–Trinajstić information content (AvgIpc) is 3.06. The molecule has 1 heterocycles. The van der Waals surface area contributed by atoms with Crippen LogP contribution in [0.2, 0.25) is 0 Å². The number of aliphatic hydroxyl groups excluding tert-OH is 1. The van der Waals surface area contributed by atoms with Gasteiger partial charge in [0.15, 0.2) is 11.6 Å². The quantitative estimate of drug-likeness (QED) is 0.485. The summed E-state index contributed by atoms with van der Waals surface area (Å²) in [6.07, 6.45) is 0.261. The van der Waals surface area contributed by atoms with Gasteiger partial charge in [0.2, 0.25) is 5.88 Å². The fourth-order valence-electron chi connectivity index (χ4n) is 3.72. The molecule has 3 aromatic rings. The summed E-state index contributed by atoms with van der Waals surface area (Å²) in [6, 6.07) is 16.1. The van der Waals surface area contributed by atoms with Gasteiger partial charge in [0.25, 0.3) is 0 Å². The summed E-state index contributed by atoms with van der Waals surface area (Å²) in [7, 11) is 0. The maximum atomic E-state index is 14.4. The molecule has 0 unspecified atom stereocenters. The molecule has 0 saturated heterocycles. The van der Waals surface area contributed by atoms with Gasteiger partial charge in [0, 0.05) is 19.6 Å². The maximum absolute atomic E-state index is 14.4. The molecular weight excluding hydrogens is 393 g/mol. The van der Waals surface area contributed by atoms with E-state index in [1.165, 1.54) is 6.07 Å². The highest BCUT2D eigenvalue weighted by Gasteiger charge is 2.24. The molecule has 0 radical (unpaired) electrons. The zero-order valence-corrected chi connectivity index (χ0v) is 18.8. The maximum Gasteiger partial charge on any atom is 0.227 e. The standard InChI is InChI=1S/C25H32FN3O2/c1-5-23-21(17-28(15-18(2)3)16-19(4)30)25(31-24-14-10-9-13-22(24)26)29(27-23)20-11-7-6-8-12-20/h6-14,18-19,30H,5,15-17H2,1-4H3/t19-/m1/s1. The molecule has 6 heteroatoms. The summed E-state index contributed by atoms with van der Waals surface area (Å²) in [5.74, 6) is 0.682. The topological polar surface area (TPSA) is 50.5 Å². The lowest BCUT2D eigenvalue weighted by Crippen LogP contribution is -2.33. The first kappa shape index (κ1) is 23.0. The van der Waals surface area contributed by atoms with Gasteiger partial charge in [-0.1, -0.05) is 51.1 Å². The SMILES string of the molecule is CCc1nn(-c2ccccc2)c(Oc2ccccc2F)c1CN(CC(C)C)C[C@@H](C)O. The Morgan fingerprint density at radius 3 is 2.32 bits per heavy atom. The van der Waals surface area contributed by atoms with Gasteiger partial charge >= 0.3 is 0 Å². The Balaban J connectivity index is 2.09. The highest BCUT2D eigenvalue weighted by Crippen LogP contribution is 2.33. The lowest BCUT2D eigenvalue weighted by atomic mass is 10.1. The Kier molecular flexibility index (Phi) is 7.82. The summed E-state index contributed by atoms with van der Waals surface area (Å²) in [5, 5.41) is 14.8. The number of aromatic nitrogens is 2. The molecule has 1 atom stereocenters. The zero-order valence-electron chi connectivity index (χ0n) is 18.8. The molecule has 0 spiro atoms. The van der Waals surface area contributed by atoms with E-state index in [-0.39, 0.29) is 5.75 Å². The smallest absolute Gasteiger partial charge is 0.227 e. The molecule has 0 amide bonds. The molecule has 166 valence electrons. The minimum atomic E-state index is -0.455. The molecule has 1 aromatic heterocycles. The van der Waals surface area contributed by atoms with Crippen molar-refractivity contribution in [1.82, 2.24) is 14.7 Å². The van der Waals surface area contributed by atoms with E-state index in [4.69, 9.17) is 9.84 Å². The highest BCUT2D eigenvalue weighted by molar-refractivity contribution is 5.44. The van der Waals surface area contributed by atoms with Crippen molar-refractivity contribution in [2.75, 3.05) is 13.1 Å². The van der Waals surface area contributed by atoms with Crippen LogP contribution >= 0.6 is 0 Å². The van der Waals surface area contributed by atoms with Crippen LogP contribution in [-0.2, 0) is 13.0 Å². The third-order valence-electron chi connectivity index (χ3n) is 4.93. The molecule has 0 saturated carbocycles. The second-order valence-corrected chi connectivity index (χ2v) is 8.30. The summed E-state index contributed by atoms with van der Waals surface area (Å²) in [5.41, 5.74) is 2.66. The zero-order chi connectivity index (χ0) is 22.4.